The SMILES string of the molecule is CC1COCCN1c1cc2cnn(-c3cc(O)c(F)c(C(F)(F)F)c3)c2cn1. The van der Waals surface area contributed by atoms with Crippen molar-refractivity contribution in [2.75, 3.05) is 24.7 Å². The Balaban J connectivity index is 1.78. The number of pyridine rings is 1. The van der Waals surface area contributed by atoms with E-state index >= 15 is 0 Å². The van der Waals surface area contributed by atoms with Gasteiger partial charge in [0.2, 0.25) is 0 Å². The van der Waals surface area contributed by atoms with Crippen LogP contribution >= 0.6 is 0 Å². The van der Waals surface area contributed by atoms with Crippen molar-refractivity contribution in [3.8, 4) is 11.4 Å². The van der Waals surface area contributed by atoms with E-state index in [1.165, 1.54) is 17.1 Å². The third-order valence-corrected chi connectivity index (χ3v) is 4.69. The van der Waals surface area contributed by atoms with Gasteiger partial charge in [-0.25, -0.2) is 14.1 Å². The van der Waals surface area contributed by atoms with Crippen molar-refractivity contribution in [3.05, 3.63) is 42.0 Å². The molecule has 4 rings (SSSR count). The Kier molecular flexibility index (Phi) is 4.37. The van der Waals surface area contributed by atoms with Gasteiger partial charge in [0.1, 0.15) is 5.82 Å². The molecule has 0 bridgehead atoms. The van der Waals surface area contributed by atoms with Gasteiger partial charge in [-0.1, -0.05) is 0 Å². The molecule has 1 N–H and O–H groups in total. The number of fused-ring (bicyclic) bond motifs is 1. The minimum atomic E-state index is -4.95. The van der Waals surface area contributed by atoms with Gasteiger partial charge in [-0.15, -0.1) is 0 Å². The van der Waals surface area contributed by atoms with Crippen LogP contribution in [-0.2, 0) is 10.9 Å². The number of nitrogens with zero attached hydrogens (tertiary/aromatic N) is 4. The van der Waals surface area contributed by atoms with Crippen LogP contribution in [0.5, 0.6) is 5.75 Å². The fraction of sp³-hybridized carbons (Fsp3) is 0.333. The molecular formula is C18H16F4N4O2. The smallest absolute Gasteiger partial charge is 0.419 e. The molecule has 28 heavy (non-hydrogen) atoms. The normalized spacial score (nSPS) is 18.0. The number of halogens is 4. The van der Waals surface area contributed by atoms with Crippen molar-refractivity contribution in [1.29, 1.82) is 0 Å². The molecule has 0 amide bonds. The summed E-state index contributed by atoms with van der Waals surface area (Å²) in [7, 11) is 0. The minimum Gasteiger partial charge on any atom is -0.505 e. The highest BCUT2D eigenvalue weighted by molar-refractivity contribution is 5.82. The Labute approximate surface area is 157 Å². The van der Waals surface area contributed by atoms with Crippen LogP contribution in [0.15, 0.2) is 30.6 Å². The van der Waals surface area contributed by atoms with E-state index in [0.29, 0.717) is 42.5 Å². The number of anilines is 1. The number of aromatic nitrogens is 3. The van der Waals surface area contributed by atoms with Crippen LogP contribution in [0.4, 0.5) is 23.4 Å². The number of rotatable bonds is 2. The molecule has 1 unspecified atom stereocenters. The lowest BCUT2D eigenvalue weighted by Gasteiger charge is -2.34. The van der Waals surface area contributed by atoms with Crippen molar-refractivity contribution in [1.82, 2.24) is 14.8 Å². The Hall–Kier alpha value is -2.88. The summed E-state index contributed by atoms with van der Waals surface area (Å²) >= 11 is 0. The number of aromatic hydroxyl groups is 1. The Morgan fingerprint density at radius 2 is 2.00 bits per heavy atom. The largest absolute Gasteiger partial charge is 0.505 e. The highest BCUT2D eigenvalue weighted by atomic mass is 19.4. The van der Waals surface area contributed by atoms with Gasteiger partial charge in [0.05, 0.1) is 48.4 Å². The fourth-order valence-corrected chi connectivity index (χ4v) is 3.27. The molecule has 1 aliphatic heterocycles. The Morgan fingerprint density at radius 1 is 1.21 bits per heavy atom. The maximum absolute atomic E-state index is 13.7. The summed E-state index contributed by atoms with van der Waals surface area (Å²) in [5, 5.41) is 14.4. The van der Waals surface area contributed by atoms with E-state index in [-0.39, 0.29) is 11.7 Å². The molecule has 3 heterocycles. The summed E-state index contributed by atoms with van der Waals surface area (Å²) in [5.41, 5.74) is -1.24. The standard InChI is InChI=1S/C18H16F4N4O2/c1-10-9-28-3-2-25(10)16-4-11-7-24-26(14(11)8-23-16)12-5-13(18(20,21)22)17(19)15(27)6-12/h4-8,10,27H,2-3,9H2,1H3. The van der Waals surface area contributed by atoms with Crippen LogP contribution in [0.3, 0.4) is 0 Å². The van der Waals surface area contributed by atoms with Gasteiger partial charge in [-0.05, 0) is 19.1 Å². The summed E-state index contributed by atoms with van der Waals surface area (Å²) < 4.78 is 59.4. The summed E-state index contributed by atoms with van der Waals surface area (Å²) in [6.45, 7) is 3.84. The number of morpholine rings is 1. The van der Waals surface area contributed by atoms with E-state index in [1.54, 1.807) is 6.07 Å². The molecule has 1 aromatic carbocycles. The maximum Gasteiger partial charge on any atom is 0.419 e. The van der Waals surface area contributed by atoms with Gasteiger partial charge in [0, 0.05) is 18.0 Å². The topological polar surface area (TPSA) is 63.4 Å². The van der Waals surface area contributed by atoms with Gasteiger partial charge >= 0.3 is 6.18 Å². The Bertz CT molecular complexity index is 1030. The average Bonchev–Trinajstić information content (AvgIpc) is 3.06. The van der Waals surface area contributed by atoms with Gasteiger partial charge < -0.3 is 14.7 Å². The van der Waals surface area contributed by atoms with Crippen molar-refractivity contribution in [2.45, 2.75) is 19.1 Å². The van der Waals surface area contributed by atoms with E-state index in [0.717, 1.165) is 6.07 Å². The van der Waals surface area contributed by atoms with E-state index in [1.807, 2.05) is 6.92 Å². The minimum absolute atomic E-state index is 0.115. The van der Waals surface area contributed by atoms with E-state index < -0.39 is 23.3 Å². The summed E-state index contributed by atoms with van der Waals surface area (Å²) in [6.07, 6.45) is -1.97. The van der Waals surface area contributed by atoms with Crippen molar-refractivity contribution < 1.29 is 27.4 Å². The molecule has 6 nitrogen and oxygen atoms in total. The van der Waals surface area contributed by atoms with Crippen molar-refractivity contribution in [2.24, 2.45) is 0 Å². The lowest BCUT2D eigenvalue weighted by Crippen LogP contribution is -2.44. The van der Waals surface area contributed by atoms with Crippen LogP contribution in [0.1, 0.15) is 12.5 Å². The zero-order valence-electron chi connectivity index (χ0n) is 14.7. The Morgan fingerprint density at radius 3 is 2.71 bits per heavy atom. The summed E-state index contributed by atoms with van der Waals surface area (Å²) in [4.78, 5) is 6.48. The molecule has 1 aliphatic rings. The monoisotopic (exact) mass is 396 g/mol. The lowest BCUT2D eigenvalue weighted by molar-refractivity contribution is -0.140. The second-order valence-electron chi connectivity index (χ2n) is 6.60. The van der Waals surface area contributed by atoms with Crippen LogP contribution in [0.25, 0.3) is 16.6 Å². The molecule has 148 valence electrons. The van der Waals surface area contributed by atoms with Crippen molar-refractivity contribution >= 4 is 16.7 Å². The van der Waals surface area contributed by atoms with E-state index in [4.69, 9.17) is 4.74 Å². The van der Waals surface area contributed by atoms with Gasteiger partial charge in [0.15, 0.2) is 11.6 Å². The second-order valence-corrected chi connectivity index (χ2v) is 6.60. The van der Waals surface area contributed by atoms with E-state index in [2.05, 4.69) is 15.0 Å². The van der Waals surface area contributed by atoms with Crippen LogP contribution in [-0.4, -0.2) is 45.7 Å². The van der Waals surface area contributed by atoms with Crippen LogP contribution < -0.4 is 4.90 Å². The first-order valence-electron chi connectivity index (χ1n) is 8.54. The molecule has 0 aliphatic carbocycles. The molecular weight excluding hydrogens is 380 g/mol. The number of hydrogen-bond donors (Lipinski definition) is 1. The van der Waals surface area contributed by atoms with Crippen LogP contribution in [0.2, 0.25) is 0 Å². The zero-order chi connectivity index (χ0) is 20.1. The molecule has 0 radical (unpaired) electrons. The molecule has 10 heteroatoms. The first-order chi connectivity index (χ1) is 13.3. The quantitative estimate of drug-likeness (QED) is 0.672. The lowest BCUT2D eigenvalue weighted by atomic mass is 10.1. The second kappa shape index (κ2) is 6.62. The number of phenolic OH excluding ortho intramolecular Hbond substituents is 1. The predicted octanol–water partition coefficient (Wildman–Crippen LogP) is 3.51. The number of benzene rings is 1. The van der Waals surface area contributed by atoms with E-state index in [9.17, 15) is 22.7 Å². The fourth-order valence-electron chi connectivity index (χ4n) is 3.27. The molecule has 0 saturated carbocycles. The predicted molar refractivity (Wildman–Crippen MR) is 93.1 cm³/mol. The van der Waals surface area contributed by atoms with Crippen LogP contribution in [0, 0.1) is 5.82 Å². The third-order valence-electron chi connectivity index (χ3n) is 4.69. The molecule has 1 atom stereocenters. The average molecular weight is 396 g/mol. The van der Waals surface area contributed by atoms with Gasteiger partial charge in [0.25, 0.3) is 0 Å². The highest BCUT2D eigenvalue weighted by Crippen LogP contribution is 2.37. The van der Waals surface area contributed by atoms with Crippen molar-refractivity contribution in [3.63, 3.8) is 0 Å². The first-order valence-corrected chi connectivity index (χ1v) is 8.54. The summed E-state index contributed by atoms with van der Waals surface area (Å²) in [6, 6.07) is 3.43. The molecule has 2 aromatic heterocycles. The molecule has 0 spiro atoms. The number of ether oxygens (including phenoxy) is 1. The molecule has 3 aromatic rings. The summed E-state index contributed by atoms with van der Waals surface area (Å²) in [5.74, 6) is -2.10. The molecule has 1 fully saturated rings. The zero-order valence-corrected chi connectivity index (χ0v) is 14.7. The number of phenols is 1. The third kappa shape index (κ3) is 3.13. The first kappa shape index (κ1) is 18.5. The maximum atomic E-state index is 13.7. The number of alkyl halides is 3. The van der Waals surface area contributed by atoms with Gasteiger partial charge in [-0.3, -0.25) is 0 Å². The molecule has 1 saturated heterocycles. The van der Waals surface area contributed by atoms with Gasteiger partial charge in [-0.2, -0.15) is 18.3 Å². The number of hydrogen-bond acceptors (Lipinski definition) is 5. The highest BCUT2D eigenvalue weighted by Gasteiger charge is 2.36.